The van der Waals surface area contributed by atoms with E-state index in [1.54, 1.807) is 0 Å². The van der Waals surface area contributed by atoms with Crippen LogP contribution in [0.15, 0.2) is 36.4 Å². The van der Waals surface area contributed by atoms with Gasteiger partial charge in [-0.25, -0.2) is 0 Å². The summed E-state index contributed by atoms with van der Waals surface area (Å²) in [5.74, 6) is 0. The highest BCUT2D eigenvalue weighted by Crippen LogP contribution is 2.18. The Kier molecular flexibility index (Phi) is 3.23. The number of nitrogens with zero attached hydrogens (tertiary/aromatic N) is 1. The van der Waals surface area contributed by atoms with Crippen molar-refractivity contribution < 1.29 is 0 Å². The second-order valence-electron chi connectivity index (χ2n) is 4.66. The van der Waals surface area contributed by atoms with Gasteiger partial charge < -0.3 is 5.43 Å². The van der Waals surface area contributed by atoms with E-state index < -0.39 is 0 Å². The largest absolute Gasteiger partial charge is 0.319 e. The maximum Gasteiger partial charge on any atom is 0.0648 e. The number of rotatable bonds is 3. The molecular formula is C15H20N2. The van der Waals surface area contributed by atoms with Crippen molar-refractivity contribution in [3.05, 3.63) is 58.9 Å². The number of hydrogen-bond donors (Lipinski definition) is 1. The monoisotopic (exact) mass is 228 g/mol. The van der Waals surface area contributed by atoms with Gasteiger partial charge in [-0.05, 0) is 51.0 Å². The van der Waals surface area contributed by atoms with Crippen LogP contribution in [0, 0.1) is 20.8 Å². The van der Waals surface area contributed by atoms with Crippen LogP contribution in [0.25, 0.3) is 0 Å². The smallest absolute Gasteiger partial charge is 0.0648 e. The summed E-state index contributed by atoms with van der Waals surface area (Å²) >= 11 is 0. The molecule has 0 aliphatic heterocycles. The van der Waals surface area contributed by atoms with E-state index in [2.05, 4.69) is 74.2 Å². The van der Waals surface area contributed by atoms with Gasteiger partial charge in [0.15, 0.2) is 0 Å². The molecule has 0 amide bonds. The molecule has 2 nitrogen and oxygen atoms in total. The van der Waals surface area contributed by atoms with Gasteiger partial charge in [0.05, 0.1) is 6.04 Å². The van der Waals surface area contributed by atoms with Crippen molar-refractivity contribution in [2.75, 3.05) is 5.43 Å². The third kappa shape index (κ3) is 2.36. The SMILES string of the molecule is Cc1ccccc1C(C)Nn1c(C)ccc1C. The first-order chi connectivity index (χ1) is 8.09. The zero-order chi connectivity index (χ0) is 12.4. The Balaban J connectivity index is 2.23. The molecule has 1 heterocycles. The van der Waals surface area contributed by atoms with E-state index in [1.807, 2.05) is 0 Å². The van der Waals surface area contributed by atoms with Crippen LogP contribution in [0.2, 0.25) is 0 Å². The van der Waals surface area contributed by atoms with Crippen molar-refractivity contribution in [2.45, 2.75) is 33.7 Å². The van der Waals surface area contributed by atoms with Gasteiger partial charge in [-0.15, -0.1) is 0 Å². The standard InChI is InChI=1S/C15H20N2/c1-11-7-5-6-8-15(11)14(4)16-17-12(2)9-10-13(17)3/h5-10,14,16H,1-4H3. The third-order valence-corrected chi connectivity index (χ3v) is 3.25. The molecule has 2 aromatic rings. The van der Waals surface area contributed by atoms with E-state index in [0.717, 1.165) is 0 Å². The van der Waals surface area contributed by atoms with Gasteiger partial charge >= 0.3 is 0 Å². The quantitative estimate of drug-likeness (QED) is 0.847. The van der Waals surface area contributed by atoms with Crippen LogP contribution in [-0.2, 0) is 0 Å². The van der Waals surface area contributed by atoms with Crippen molar-refractivity contribution >= 4 is 0 Å². The molecule has 0 saturated heterocycles. The molecule has 90 valence electrons. The lowest BCUT2D eigenvalue weighted by Crippen LogP contribution is -2.21. The summed E-state index contributed by atoms with van der Waals surface area (Å²) in [6.07, 6.45) is 0. The van der Waals surface area contributed by atoms with Crippen LogP contribution in [0.1, 0.15) is 35.5 Å². The summed E-state index contributed by atoms with van der Waals surface area (Å²) < 4.78 is 2.15. The number of aryl methyl sites for hydroxylation is 3. The first-order valence-corrected chi connectivity index (χ1v) is 6.06. The molecule has 2 heteroatoms. The number of nitrogens with one attached hydrogen (secondary N) is 1. The Bertz CT molecular complexity index is 492. The summed E-state index contributed by atoms with van der Waals surface area (Å²) in [5, 5.41) is 0. The van der Waals surface area contributed by atoms with E-state index in [1.165, 1.54) is 22.5 Å². The molecule has 2 rings (SSSR count). The van der Waals surface area contributed by atoms with Crippen LogP contribution in [0.5, 0.6) is 0 Å². The summed E-state index contributed by atoms with van der Waals surface area (Å²) in [4.78, 5) is 0. The molecule has 1 aromatic heterocycles. The number of benzene rings is 1. The first kappa shape index (κ1) is 11.8. The van der Waals surface area contributed by atoms with Crippen molar-refractivity contribution in [1.82, 2.24) is 4.68 Å². The summed E-state index contributed by atoms with van der Waals surface area (Å²) in [5.41, 5.74) is 8.69. The maximum atomic E-state index is 3.53. The molecule has 0 spiro atoms. The fourth-order valence-electron chi connectivity index (χ4n) is 2.21. The highest BCUT2D eigenvalue weighted by atomic mass is 15.4. The van der Waals surface area contributed by atoms with Gasteiger partial charge in [0.25, 0.3) is 0 Å². The predicted octanol–water partition coefficient (Wildman–Crippen LogP) is 3.72. The lowest BCUT2D eigenvalue weighted by Gasteiger charge is -2.21. The molecule has 1 unspecified atom stereocenters. The van der Waals surface area contributed by atoms with E-state index in [9.17, 15) is 0 Å². The normalized spacial score (nSPS) is 12.5. The zero-order valence-corrected chi connectivity index (χ0v) is 11.0. The molecule has 0 radical (unpaired) electrons. The minimum absolute atomic E-state index is 0.306. The molecule has 0 fully saturated rings. The van der Waals surface area contributed by atoms with Crippen molar-refractivity contribution in [1.29, 1.82) is 0 Å². The second kappa shape index (κ2) is 4.66. The zero-order valence-electron chi connectivity index (χ0n) is 11.0. The molecular weight excluding hydrogens is 208 g/mol. The maximum absolute atomic E-state index is 3.53. The summed E-state index contributed by atoms with van der Waals surface area (Å²) in [6.45, 7) is 8.58. The number of hydrogen-bond acceptors (Lipinski definition) is 1. The van der Waals surface area contributed by atoms with Crippen LogP contribution >= 0.6 is 0 Å². The fraction of sp³-hybridized carbons (Fsp3) is 0.333. The minimum Gasteiger partial charge on any atom is -0.319 e. The summed E-state index contributed by atoms with van der Waals surface area (Å²) in [6, 6.07) is 13.1. The lowest BCUT2D eigenvalue weighted by molar-refractivity contribution is 0.696. The molecule has 1 atom stereocenters. The van der Waals surface area contributed by atoms with Crippen LogP contribution < -0.4 is 5.43 Å². The number of aromatic nitrogens is 1. The van der Waals surface area contributed by atoms with Gasteiger partial charge in [0.2, 0.25) is 0 Å². The van der Waals surface area contributed by atoms with Gasteiger partial charge in [-0.1, -0.05) is 24.3 Å². The van der Waals surface area contributed by atoms with E-state index >= 15 is 0 Å². The molecule has 17 heavy (non-hydrogen) atoms. The van der Waals surface area contributed by atoms with Gasteiger partial charge in [0, 0.05) is 11.4 Å². The minimum atomic E-state index is 0.306. The van der Waals surface area contributed by atoms with Gasteiger partial charge in [0.1, 0.15) is 0 Å². The molecule has 1 aromatic carbocycles. The Morgan fingerprint density at radius 2 is 1.53 bits per heavy atom. The lowest BCUT2D eigenvalue weighted by atomic mass is 10.0. The first-order valence-electron chi connectivity index (χ1n) is 6.06. The molecule has 1 N–H and O–H groups in total. The average molecular weight is 228 g/mol. The average Bonchev–Trinajstić information content (AvgIpc) is 2.61. The predicted molar refractivity (Wildman–Crippen MR) is 72.9 cm³/mol. The molecule has 0 aliphatic rings. The van der Waals surface area contributed by atoms with E-state index in [0.29, 0.717) is 6.04 Å². The fourth-order valence-corrected chi connectivity index (χ4v) is 2.21. The van der Waals surface area contributed by atoms with Crippen molar-refractivity contribution in [3.8, 4) is 0 Å². The van der Waals surface area contributed by atoms with Crippen molar-refractivity contribution in [2.24, 2.45) is 0 Å². The van der Waals surface area contributed by atoms with E-state index in [4.69, 9.17) is 0 Å². The van der Waals surface area contributed by atoms with Gasteiger partial charge in [-0.2, -0.15) is 0 Å². The Morgan fingerprint density at radius 1 is 0.941 bits per heavy atom. The van der Waals surface area contributed by atoms with Gasteiger partial charge in [-0.3, -0.25) is 4.68 Å². The Morgan fingerprint density at radius 3 is 2.12 bits per heavy atom. The summed E-state index contributed by atoms with van der Waals surface area (Å²) in [7, 11) is 0. The molecule has 0 bridgehead atoms. The topological polar surface area (TPSA) is 17.0 Å². The Labute approximate surface area is 103 Å². The van der Waals surface area contributed by atoms with Crippen LogP contribution in [-0.4, -0.2) is 4.68 Å². The van der Waals surface area contributed by atoms with Crippen LogP contribution in [0.3, 0.4) is 0 Å². The van der Waals surface area contributed by atoms with Crippen molar-refractivity contribution in [3.63, 3.8) is 0 Å². The highest BCUT2D eigenvalue weighted by molar-refractivity contribution is 5.30. The second-order valence-corrected chi connectivity index (χ2v) is 4.66. The molecule has 0 saturated carbocycles. The Hall–Kier alpha value is -1.70. The molecule has 0 aliphatic carbocycles. The van der Waals surface area contributed by atoms with Crippen LogP contribution in [0.4, 0.5) is 0 Å². The van der Waals surface area contributed by atoms with E-state index in [-0.39, 0.29) is 0 Å². The third-order valence-electron chi connectivity index (χ3n) is 3.25. The highest BCUT2D eigenvalue weighted by Gasteiger charge is 2.09.